The highest BCUT2D eigenvalue weighted by Crippen LogP contribution is 2.30. The Balaban J connectivity index is 2.43. The fourth-order valence-corrected chi connectivity index (χ4v) is 5.82. The molecule has 1 aromatic rings. The average molecular weight is 543 g/mol. The molecular formula is C29H42N4O4S. The van der Waals surface area contributed by atoms with E-state index in [1.807, 2.05) is 19.9 Å². The quantitative estimate of drug-likeness (QED) is 0.197. The zero-order valence-corrected chi connectivity index (χ0v) is 24.0. The predicted octanol–water partition coefficient (Wildman–Crippen LogP) is 5.92. The van der Waals surface area contributed by atoms with Crippen molar-refractivity contribution in [3.63, 3.8) is 0 Å². The van der Waals surface area contributed by atoms with Crippen LogP contribution < -0.4 is 10.1 Å². The molecule has 0 spiro atoms. The van der Waals surface area contributed by atoms with Crippen LogP contribution in [0.2, 0.25) is 0 Å². The zero-order valence-electron chi connectivity index (χ0n) is 23.2. The molecule has 0 radical (unpaired) electrons. The van der Waals surface area contributed by atoms with Gasteiger partial charge in [-0.15, -0.1) is 0 Å². The van der Waals surface area contributed by atoms with E-state index in [9.17, 15) is 23.3 Å². The highest BCUT2D eigenvalue weighted by atomic mass is 32.2. The molecule has 2 atom stereocenters. The molecule has 2 unspecified atom stereocenters. The Morgan fingerprint density at radius 1 is 1.00 bits per heavy atom. The van der Waals surface area contributed by atoms with E-state index in [0.717, 1.165) is 38.5 Å². The number of hydrazone groups is 1. The second-order valence-electron chi connectivity index (χ2n) is 9.83. The summed E-state index contributed by atoms with van der Waals surface area (Å²) >= 11 is 0. The maximum atomic E-state index is 13.4. The van der Waals surface area contributed by atoms with Crippen LogP contribution in [-0.4, -0.2) is 32.2 Å². The normalized spacial score (nSPS) is 18.1. The topological polar surface area (TPSA) is 128 Å². The minimum atomic E-state index is -3.85. The van der Waals surface area contributed by atoms with E-state index in [2.05, 4.69) is 29.1 Å². The number of carbonyl (C=O) groups is 2. The van der Waals surface area contributed by atoms with Gasteiger partial charge < -0.3 is 0 Å². The summed E-state index contributed by atoms with van der Waals surface area (Å²) in [4.78, 5) is 26.4. The van der Waals surface area contributed by atoms with Gasteiger partial charge in [-0.2, -0.15) is 10.4 Å². The van der Waals surface area contributed by atoms with Gasteiger partial charge in [0.15, 0.2) is 11.6 Å². The van der Waals surface area contributed by atoms with Gasteiger partial charge >= 0.3 is 0 Å². The number of benzene rings is 1. The van der Waals surface area contributed by atoms with Gasteiger partial charge in [-0.25, -0.2) is 13.1 Å². The predicted molar refractivity (Wildman–Crippen MR) is 151 cm³/mol. The number of anilines is 1. The molecule has 1 aromatic carbocycles. The molecule has 0 amide bonds. The smallest absolute Gasteiger partial charge is 0.242 e. The molecule has 0 saturated carbocycles. The number of rotatable bonds is 16. The number of unbranched alkanes of at least 4 members (excludes halogenated alkanes) is 3. The average Bonchev–Trinajstić information content (AvgIpc) is 2.91. The van der Waals surface area contributed by atoms with Crippen molar-refractivity contribution in [3.8, 4) is 6.07 Å². The maximum Gasteiger partial charge on any atom is 0.242 e. The molecule has 38 heavy (non-hydrogen) atoms. The van der Waals surface area contributed by atoms with Crippen LogP contribution in [0.15, 0.2) is 45.4 Å². The molecule has 0 aromatic heterocycles. The SMILES string of the molecule is CCCCC1=C(C#N)C(=O)C(CCCC)C(=O)C1=NNc1ccccc1S(=O)(=O)NCC(CC)CCCC. The third-order valence-electron chi connectivity index (χ3n) is 7.01. The molecule has 0 saturated heterocycles. The number of nitriles is 1. The van der Waals surface area contributed by atoms with Crippen molar-refractivity contribution >= 4 is 33.0 Å². The number of carbonyl (C=O) groups excluding carboxylic acids is 2. The lowest BCUT2D eigenvalue weighted by atomic mass is 9.77. The fraction of sp³-hybridized carbons (Fsp3) is 0.586. The second-order valence-corrected chi connectivity index (χ2v) is 11.6. The molecule has 0 aliphatic heterocycles. The summed E-state index contributed by atoms with van der Waals surface area (Å²) in [6.45, 7) is 8.47. The summed E-state index contributed by atoms with van der Waals surface area (Å²) < 4.78 is 29.2. The third kappa shape index (κ3) is 8.08. The van der Waals surface area contributed by atoms with Crippen molar-refractivity contribution in [2.45, 2.75) is 96.8 Å². The van der Waals surface area contributed by atoms with Crippen molar-refractivity contribution < 1.29 is 18.0 Å². The number of nitrogens with zero attached hydrogens (tertiary/aromatic N) is 2. The monoisotopic (exact) mass is 542 g/mol. The van der Waals surface area contributed by atoms with E-state index in [4.69, 9.17) is 0 Å². The molecule has 0 bridgehead atoms. The van der Waals surface area contributed by atoms with Crippen LogP contribution in [0, 0.1) is 23.2 Å². The number of ketones is 2. The molecule has 2 rings (SSSR count). The van der Waals surface area contributed by atoms with Crippen LogP contribution in [-0.2, 0) is 19.6 Å². The van der Waals surface area contributed by atoms with E-state index < -0.39 is 27.5 Å². The van der Waals surface area contributed by atoms with Crippen molar-refractivity contribution in [2.24, 2.45) is 16.9 Å². The first-order valence-corrected chi connectivity index (χ1v) is 15.4. The third-order valence-corrected chi connectivity index (χ3v) is 8.49. The zero-order chi connectivity index (χ0) is 28.1. The molecule has 1 aliphatic rings. The lowest BCUT2D eigenvalue weighted by Crippen LogP contribution is -2.38. The van der Waals surface area contributed by atoms with Gasteiger partial charge in [0, 0.05) is 12.1 Å². The van der Waals surface area contributed by atoms with Gasteiger partial charge in [0.1, 0.15) is 22.2 Å². The van der Waals surface area contributed by atoms with E-state index in [1.54, 1.807) is 18.2 Å². The first kappa shape index (κ1) is 31.4. The molecule has 208 valence electrons. The Bertz CT molecular complexity index is 1180. The fourth-order valence-electron chi connectivity index (χ4n) is 4.54. The Morgan fingerprint density at radius 2 is 1.68 bits per heavy atom. The van der Waals surface area contributed by atoms with Crippen LogP contribution >= 0.6 is 0 Å². The maximum absolute atomic E-state index is 13.4. The van der Waals surface area contributed by atoms with Gasteiger partial charge in [-0.1, -0.05) is 78.4 Å². The molecule has 0 heterocycles. The summed E-state index contributed by atoms with van der Waals surface area (Å²) in [5.74, 6) is -1.54. The number of sulfonamides is 1. The summed E-state index contributed by atoms with van der Waals surface area (Å²) in [5, 5.41) is 14.1. The van der Waals surface area contributed by atoms with E-state index >= 15 is 0 Å². The van der Waals surface area contributed by atoms with Crippen LogP contribution in [0.1, 0.15) is 91.9 Å². The summed E-state index contributed by atoms with van der Waals surface area (Å²) in [6, 6.07) is 8.40. The molecule has 8 nitrogen and oxygen atoms in total. The molecule has 2 N–H and O–H groups in total. The standard InChI is InChI=1S/C29H42N4O4S/c1-5-9-14-21(8-4)20-31-38(36,37)26-18-13-12-17-25(26)32-33-27-22(15-10-6-2)24(19-30)28(34)23(29(27)35)16-11-7-3/h12-13,17-18,21,23,31-32H,5-11,14-16,20H2,1-4H3. The van der Waals surface area contributed by atoms with Crippen molar-refractivity contribution in [2.75, 3.05) is 12.0 Å². The number of Topliss-reactive ketones (excluding diaryl/α,β-unsaturated/α-hetero) is 2. The molecular weight excluding hydrogens is 500 g/mol. The number of nitrogens with one attached hydrogen (secondary N) is 2. The Kier molecular flexibility index (Phi) is 12.8. The Hall–Kier alpha value is -2.83. The van der Waals surface area contributed by atoms with Gasteiger partial charge in [0.2, 0.25) is 10.0 Å². The van der Waals surface area contributed by atoms with Crippen molar-refractivity contribution in [3.05, 3.63) is 35.4 Å². The lowest BCUT2D eigenvalue weighted by Gasteiger charge is -2.24. The first-order chi connectivity index (χ1) is 18.2. The minimum absolute atomic E-state index is 0.0139. The van der Waals surface area contributed by atoms with Crippen LogP contribution in [0.4, 0.5) is 5.69 Å². The highest BCUT2D eigenvalue weighted by molar-refractivity contribution is 7.89. The number of hydrogen-bond acceptors (Lipinski definition) is 7. The van der Waals surface area contributed by atoms with Crippen LogP contribution in [0.25, 0.3) is 0 Å². The van der Waals surface area contributed by atoms with E-state index in [-0.39, 0.29) is 27.8 Å². The second kappa shape index (κ2) is 15.6. The molecule has 1 aliphatic carbocycles. The Labute approximate surface area is 228 Å². The van der Waals surface area contributed by atoms with Gasteiger partial charge in [-0.3, -0.25) is 15.0 Å². The number of para-hydroxylation sites is 1. The van der Waals surface area contributed by atoms with Gasteiger partial charge in [0.05, 0.1) is 11.6 Å². The van der Waals surface area contributed by atoms with Crippen LogP contribution in [0.3, 0.4) is 0 Å². The van der Waals surface area contributed by atoms with Crippen molar-refractivity contribution in [1.29, 1.82) is 5.26 Å². The number of hydrogen-bond donors (Lipinski definition) is 2. The van der Waals surface area contributed by atoms with Crippen LogP contribution in [0.5, 0.6) is 0 Å². The molecule has 0 fully saturated rings. The highest BCUT2D eigenvalue weighted by Gasteiger charge is 2.40. The van der Waals surface area contributed by atoms with Crippen molar-refractivity contribution in [1.82, 2.24) is 4.72 Å². The largest absolute Gasteiger partial charge is 0.293 e. The van der Waals surface area contributed by atoms with E-state index in [1.165, 1.54) is 6.07 Å². The summed E-state index contributed by atoms with van der Waals surface area (Å²) in [6.07, 6.45) is 7.65. The van der Waals surface area contributed by atoms with E-state index in [0.29, 0.717) is 37.8 Å². The van der Waals surface area contributed by atoms with Gasteiger partial charge in [0.25, 0.3) is 0 Å². The summed E-state index contributed by atoms with van der Waals surface area (Å²) in [7, 11) is -3.85. The summed E-state index contributed by atoms with van der Waals surface area (Å²) in [5.41, 5.74) is 3.38. The van der Waals surface area contributed by atoms with Gasteiger partial charge in [-0.05, 0) is 43.7 Å². The molecule has 9 heteroatoms. The minimum Gasteiger partial charge on any atom is -0.293 e. The first-order valence-electron chi connectivity index (χ1n) is 13.9. The number of allylic oxidation sites excluding steroid dienone is 2. The lowest BCUT2D eigenvalue weighted by molar-refractivity contribution is -0.127. The Morgan fingerprint density at radius 3 is 2.32 bits per heavy atom.